The summed E-state index contributed by atoms with van der Waals surface area (Å²) in [5, 5.41) is 3.84. The van der Waals surface area contributed by atoms with E-state index in [-0.39, 0.29) is 17.4 Å². The maximum Gasteiger partial charge on any atom is 0.210 e. The highest BCUT2D eigenvalue weighted by Gasteiger charge is 2.61. The molecule has 2 fully saturated rings. The number of hydrogen-bond donors (Lipinski definition) is 1. The molecule has 198 valence electrons. The fourth-order valence-corrected chi connectivity index (χ4v) is 7.99. The van der Waals surface area contributed by atoms with Crippen LogP contribution in [0, 0.1) is 5.92 Å². The highest BCUT2D eigenvalue weighted by molar-refractivity contribution is 5.54. The fraction of sp³-hybridized carbons (Fsp3) is 0.441. The maximum absolute atomic E-state index is 13.0. The van der Waals surface area contributed by atoms with Crippen LogP contribution in [0.3, 0.4) is 0 Å². The van der Waals surface area contributed by atoms with E-state index < -0.39 is 5.54 Å². The third-order valence-corrected chi connectivity index (χ3v) is 9.68. The monoisotopic (exact) mass is 508 g/mol. The maximum atomic E-state index is 13.0. The molecule has 0 aliphatic carbocycles. The Morgan fingerprint density at radius 3 is 2.47 bits per heavy atom. The van der Waals surface area contributed by atoms with Gasteiger partial charge >= 0.3 is 0 Å². The number of benzene rings is 3. The van der Waals surface area contributed by atoms with Crippen molar-refractivity contribution >= 4 is 6.41 Å². The Hall–Kier alpha value is -3.11. The van der Waals surface area contributed by atoms with Crippen LogP contribution < -0.4 is 10.1 Å². The molecular formula is C34H40N2O2. The highest BCUT2D eigenvalue weighted by atomic mass is 16.5. The Labute approximate surface area is 227 Å². The van der Waals surface area contributed by atoms with E-state index >= 15 is 0 Å². The average molecular weight is 509 g/mol. The first-order valence-corrected chi connectivity index (χ1v) is 14.5. The molecule has 0 bridgehead atoms. The van der Waals surface area contributed by atoms with E-state index in [0.29, 0.717) is 5.92 Å². The molecule has 5 atom stereocenters. The van der Waals surface area contributed by atoms with Gasteiger partial charge in [-0.15, -0.1) is 0 Å². The van der Waals surface area contributed by atoms with E-state index in [1.54, 1.807) is 0 Å². The standard InChI is InChI=1S/C34H40N2O2/c1-2-3-16-29-22-33(30-17-10-11-18-31(30)38-29)24-35-23-32(33)34(28-14-8-5-9-15-28)21-27(19-20-36(34)25-37)26-12-6-4-7-13-26/h4-15,17-18,25,27,29,32,35H,2-3,16,19-24H2,1H3/t27-,29?,32-,33+,34-/m1/s1. The lowest BCUT2D eigenvalue weighted by Crippen LogP contribution is -2.61. The molecule has 2 saturated heterocycles. The van der Waals surface area contributed by atoms with Crippen molar-refractivity contribution in [2.45, 2.75) is 68.4 Å². The Kier molecular flexibility index (Phi) is 7.01. The zero-order chi connectivity index (χ0) is 26.0. The topological polar surface area (TPSA) is 41.6 Å². The molecule has 38 heavy (non-hydrogen) atoms. The number of fused-ring (bicyclic) bond motifs is 2. The number of piperidine rings is 1. The highest BCUT2D eigenvalue weighted by Crippen LogP contribution is 2.58. The van der Waals surface area contributed by atoms with Crippen LogP contribution in [0.25, 0.3) is 0 Å². The van der Waals surface area contributed by atoms with Gasteiger partial charge in [-0.3, -0.25) is 4.79 Å². The number of hydrogen-bond acceptors (Lipinski definition) is 3. The molecule has 3 aromatic rings. The molecule has 3 aliphatic rings. The number of para-hydroxylation sites is 1. The minimum atomic E-state index is -0.412. The summed E-state index contributed by atoms with van der Waals surface area (Å²) in [7, 11) is 0. The second-order valence-electron chi connectivity index (χ2n) is 11.6. The van der Waals surface area contributed by atoms with E-state index in [2.05, 4.69) is 102 Å². The van der Waals surface area contributed by atoms with Crippen LogP contribution in [0.1, 0.15) is 68.1 Å². The smallest absolute Gasteiger partial charge is 0.210 e. The number of carbonyl (C=O) groups is 1. The molecule has 3 aromatic carbocycles. The second kappa shape index (κ2) is 10.6. The molecule has 4 nitrogen and oxygen atoms in total. The molecule has 3 heterocycles. The number of amides is 1. The van der Waals surface area contributed by atoms with Gasteiger partial charge in [-0.1, -0.05) is 98.6 Å². The van der Waals surface area contributed by atoms with Gasteiger partial charge in [-0.25, -0.2) is 0 Å². The van der Waals surface area contributed by atoms with Crippen molar-refractivity contribution < 1.29 is 9.53 Å². The summed E-state index contributed by atoms with van der Waals surface area (Å²) in [6.07, 6.45) is 7.64. The predicted octanol–water partition coefficient (Wildman–Crippen LogP) is 6.42. The van der Waals surface area contributed by atoms with Gasteiger partial charge in [0.15, 0.2) is 0 Å². The van der Waals surface area contributed by atoms with Crippen LogP contribution >= 0.6 is 0 Å². The van der Waals surface area contributed by atoms with Crippen molar-refractivity contribution in [1.82, 2.24) is 10.2 Å². The summed E-state index contributed by atoms with van der Waals surface area (Å²) >= 11 is 0. The minimum Gasteiger partial charge on any atom is -0.490 e. The van der Waals surface area contributed by atoms with Crippen molar-refractivity contribution in [2.75, 3.05) is 19.6 Å². The second-order valence-corrected chi connectivity index (χ2v) is 11.6. The van der Waals surface area contributed by atoms with Crippen molar-refractivity contribution in [1.29, 1.82) is 0 Å². The Morgan fingerprint density at radius 1 is 0.974 bits per heavy atom. The van der Waals surface area contributed by atoms with Gasteiger partial charge in [0, 0.05) is 36.5 Å². The van der Waals surface area contributed by atoms with Crippen LogP contribution in [0.2, 0.25) is 0 Å². The van der Waals surface area contributed by atoms with E-state index in [4.69, 9.17) is 4.74 Å². The van der Waals surface area contributed by atoms with E-state index in [1.807, 2.05) is 0 Å². The van der Waals surface area contributed by atoms with Crippen LogP contribution in [0.5, 0.6) is 5.75 Å². The zero-order valence-electron chi connectivity index (χ0n) is 22.5. The molecule has 4 heteroatoms. The molecule has 0 radical (unpaired) electrons. The fourth-order valence-electron chi connectivity index (χ4n) is 7.99. The van der Waals surface area contributed by atoms with Gasteiger partial charge in [0.2, 0.25) is 6.41 Å². The first-order chi connectivity index (χ1) is 18.7. The minimum absolute atomic E-state index is 0.108. The van der Waals surface area contributed by atoms with Crippen LogP contribution in [-0.4, -0.2) is 37.0 Å². The number of ether oxygens (including phenoxy) is 1. The van der Waals surface area contributed by atoms with E-state index in [9.17, 15) is 4.79 Å². The lowest BCUT2D eigenvalue weighted by molar-refractivity contribution is -0.133. The van der Waals surface area contributed by atoms with Gasteiger partial charge in [-0.05, 0) is 48.8 Å². The molecule has 1 spiro atoms. The number of unbranched alkanes of at least 4 members (excludes halogenated alkanes) is 1. The third-order valence-electron chi connectivity index (χ3n) is 9.68. The summed E-state index contributed by atoms with van der Waals surface area (Å²) in [6, 6.07) is 30.5. The average Bonchev–Trinajstić information content (AvgIpc) is 3.40. The number of nitrogens with one attached hydrogen (secondary N) is 1. The molecule has 1 N–H and O–H groups in total. The lowest BCUT2D eigenvalue weighted by Gasteiger charge is -2.57. The predicted molar refractivity (Wildman–Crippen MR) is 152 cm³/mol. The summed E-state index contributed by atoms with van der Waals surface area (Å²) < 4.78 is 6.63. The van der Waals surface area contributed by atoms with Gasteiger partial charge in [0.1, 0.15) is 5.75 Å². The summed E-state index contributed by atoms with van der Waals surface area (Å²) in [5.41, 5.74) is 3.43. The normalized spacial score (nSPS) is 30.6. The van der Waals surface area contributed by atoms with E-state index in [1.165, 1.54) is 29.5 Å². The van der Waals surface area contributed by atoms with Crippen LogP contribution in [0.4, 0.5) is 0 Å². The van der Waals surface area contributed by atoms with Crippen molar-refractivity contribution in [3.05, 3.63) is 102 Å². The molecule has 0 saturated carbocycles. The molecule has 0 aromatic heterocycles. The quantitative estimate of drug-likeness (QED) is 0.375. The Bertz CT molecular complexity index is 1230. The van der Waals surface area contributed by atoms with Gasteiger partial charge in [0.25, 0.3) is 0 Å². The molecular weight excluding hydrogens is 468 g/mol. The van der Waals surface area contributed by atoms with Gasteiger partial charge in [0.05, 0.1) is 11.6 Å². The van der Waals surface area contributed by atoms with Crippen LogP contribution in [-0.2, 0) is 15.7 Å². The lowest BCUT2D eigenvalue weighted by atomic mass is 9.55. The first kappa shape index (κ1) is 25.2. The molecule has 6 rings (SSSR count). The molecule has 3 aliphatic heterocycles. The number of carbonyl (C=O) groups excluding carboxylic acids is 1. The van der Waals surface area contributed by atoms with Crippen molar-refractivity contribution in [2.24, 2.45) is 5.92 Å². The Morgan fingerprint density at radius 2 is 1.71 bits per heavy atom. The summed E-state index contributed by atoms with van der Waals surface area (Å²) in [5.74, 6) is 1.66. The van der Waals surface area contributed by atoms with Gasteiger partial charge < -0.3 is 15.0 Å². The largest absolute Gasteiger partial charge is 0.490 e. The molecule has 1 amide bonds. The molecule has 1 unspecified atom stereocenters. The van der Waals surface area contributed by atoms with Crippen molar-refractivity contribution in [3.63, 3.8) is 0 Å². The third kappa shape index (κ3) is 4.14. The number of nitrogens with zero attached hydrogens (tertiary/aromatic N) is 1. The van der Waals surface area contributed by atoms with Crippen molar-refractivity contribution in [3.8, 4) is 5.75 Å². The zero-order valence-corrected chi connectivity index (χ0v) is 22.5. The first-order valence-electron chi connectivity index (χ1n) is 14.5. The van der Waals surface area contributed by atoms with Crippen LogP contribution in [0.15, 0.2) is 84.9 Å². The van der Waals surface area contributed by atoms with Gasteiger partial charge in [-0.2, -0.15) is 0 Å². The SMILES string of the molecule is CCCCC1C[C@]2(CNC[C@H]2[C@]2(c3ccccc3)C[C@H](c3ccccc3)CCN2C=O)c2ccccc2O1. The summed E-state index contributed by atoms with van der Waals surface area (Å²) in [4.78, 5) is 15.1. The number of rotatable bonds is 7. The summed E-state index contributed by atoms with van der Waals surface area (Å²) in [6.45, 7) is 4.82. The number of likely N-dealkylation sites (tertiary alicyclic amines) is 1. The Balaban J connectivity index is 1.52. The van der Waals surface area contributed by atoms with E-state index in [0.717, 1.165) is 57.5 Å².